The van der Waals surface area contributed by atoms with Gasteiger partial charge in [0.25, 0.3) is 11.8 Å². The standard InChI is InChI=1S/C30H36N6O5/c1-4-17(3)24(14-15-31)35-28(37)19-8-11-21(23(16-19)30(39)40)22-12-13-25(41-5-2)36-26(22)29(38)34-20-9-6-18(7-10-20)27(32)33/h6-13,16-17,24H,4-5,14-15,31H2,1-3H3,(H3,32,33)(H,34,38)(H,35,37)(H,39,40)/t17-,24+/m0/s1. The minimum absolute atomic E-state index is 0.0638. The number of anilines is 1. The van der Waals surface area contributed by atoms with Crippen LogP contribution in [0.4, 0.5) is 5.69 Å². The highest BCUT2D eigenvalue weighted by molar-refractivity contribution is 6.10. The fourth-order valence-corrected chi connectivity index (χ4v) is 4.30. The number of nitrogens with one attached hydrogen (secondary N) is 3. The Morgan fingerprint density at radius 1 is 1.00 bits per heavy atom. The Bertz CT molecular complexity index is 1420. The van der Waals surface area contributed by atoms with E-state index in [1.807, 2.05) is 13.8 Å². The fourth-order valence-electron chi connectivity index (χ4n) is 4.30. The number of rotatable bonds is 13. The minimum atomic E-state index is -1.27. The van der Waals surface area contributed by atoms with Crippen LogP contribution in [-0.4, -0.2) is 52.9 Å². The van der Waals surface area contributed by atoms with Gasteiger partial charge in [0.05, 0.1) is 12.2 Å². The third kappa shape index (κ3) is 7.67. The van der Waals surface area contributed by atoms with Gasteiger partial charge in [-0.15, -0.1) is 0 Å². The van der Waals surface area contributed by atoms with E-state index in [1.54, 1.807) is 43.3 Å². The number of amidine groups is 1. The summed E-state index contributed by atoms with van der Waals surface area (Å²) in [5.41, 5.74) is 12.6. The Morgan fingerprint density at radius 3 is 2.24 bits per heavy atom. The Balaban J connectivity index is 2.02. The molecule has 0 saturated heterocycles. The van der Waals surface area contributed by atoms with Crippen LogP contribution >= 0.6 is 0 Å². The van der Waals surface area contributed by atoms with Crippen molar-refractivity contribution in [3.05, 3.63) is 77.0 Å². The number of carbonyl (C=O) groups excluding carboxylic acids is 2. The molecule has 0 saturated carbocycles. The average molecular weight is 561 g/mol. The zero-order valence-corrected chi connectivity index (χ0v) is 23.4. The molecular weight excluding hydrogens is 524 g/mol. The van der Waals surface area contributed by atoms with Crippen LogP contribution in [0.25, 0.3) is 11.1 Å². The van der Waals surface area contributed by atoms with Gasteiger partial charge in [0.15, 0.2) is 0 Å². The van der Waals surface area contributed by atoms with Crippen LogP contribution in [0.2, 0.25) is 0 Å². The Hall–Kier alpha value is -4.77. The van der Waals surface area contributed by atoms with Crippen LogP contribution in [0.3, 0.4) is 0 Å². The first kappa shape index (κ1) is 30.8. The fraction of sp³-hybridized carbons (Fsp3) is 0.300. The highest BCUT2D eigenvalue weighted by Crippen LogP contribution is 2.30. The summed E-state index contributed by atoms with van der Waals surface area (Å²) in [5, 5.41) is 23.3. The zero-order valence-electron chi connectivity index (χ0n) is 23.4. The van der Waals surface area contributed by atoms with Gasteiger partial charge < -0.3 is 31.9 Å². The van der Waals surface area contributed by atoms with Gasteiger partial charge in [-0.1, -0.05) is 26.3 Å². The number of nitrogens with two attached hydrogens (primary N) is 2. The highest BCUT2D eigenvalue weighted by Gasteiger charge is 2.24. The molecule has 0 spiro atoms. The quantitative estimate of drug-likeness (QED) is 0.134. The molecule has 0 aliphatic heterocycles. The number of hydrogen-bond acceptors (Lipinski definition) is 7. The number of benzene rings is 2. The molecular formula is C30H36N6O5. The van der Waals surface area contributed by atoms with Crippen molar-refractivity contribution >= 4 is 29.3 Å². The lowest BCUT2D eigenvalue weighted by molar-refractivity contribution is 0.0697. The summed E-state index contributed by atoms with van der Waals surface area (Å²) in [6.45, 7) is 6.54. The largest absolute Gasteiger partial charge is 0.478 e. The number of carboxylic acid groups (broad SMARTS) is 1. The van der Waals surface area contributed by atoms with E-state index in [4.69, 9.17) is 21.6 Å². The van der Waals surface area contributed by atoms with Gasteiger partial charge in [0, 0.05) is 34.5 Å². The molecule has 0 bridgehead atoms. The Kier molecular flexibility index (Phi) is 10.5. The van der Waals surface area contributed by atoms with Crippen LogP contribution in [0.5, 0.6) is 5.88 Å². The maximum Gasteiger partial charge on any atom is 0.336 e. The van der Waals surface area contributed by atoms with Crippen molar-refractivity contribution in [2.24, 2.45) is 17.4 Å². The van der Waals surface area contributed by atoms with E-state index < -0.39 is 17.8 Å². The van der Waals surface area contributed by atoms with Crippen molar-refractivity contribution in [3.8, 4) is 17.0 Å². The molecule has 0 aliphatic carbocycles. The van der Waals surface area contributed by atoms with E-state index >= 15 is 0 Å². The molecule has 2 aromatic carbocycles. The van der Waals surface area contributed by atoms with Gasteiger partial charge in [-0.25, -0.2) is 9.78 Å². The maximum atomic E-state index is 13.4. The summed E-state index contributed by atoms with van der Waals surface area (Å²) in [4.78, 5) is 43.2. The van der Waals surface area contributed by atoms with Crippen LogP contribution in [0.1, 0.15) is 70.4 Å². The van der Waals surface area contributed by atoms with Crippen LogP contribution < -0.4 is 26.8 Å². The number of pyridine rings is 1. The van der Waals surface area contributed by atoms with Crippen molar-refractivity contribution in [2.75, 3.05) is 18.5 Å². The van der Waals surface area contributed by atoms with Crippen molar-refractivity contribution in [2.45, 2.75) is 39.7 Å². The predicted molar refractivity (Wildman–Crippen MR) is 158 cm³/mol. The molecule has 216 valence electrons. The molecule has 0 aliphatic rings. The number of ether oxygens (including phenoxy) is 1. The lowest BCUT2D eigenvalue weighted by Crippen LogP contribution is -2.40. The summed E-state index contributed by atoms with van der Waals surface area (Å²) in [6.07, 6.45) is 1.44. The molecule has 8 N–H and O–H groups in total. The number of amides is 2. The van der Waals surface area contributed by atoms with E-state index in [0.717, 1.165) is 6.42 Å². The van der Waals surface area contributed by atoms with Crippen LogP contribution in [0, 0.1) is 11.3 Å². The number of carboxylic acids is 1. The van der Waals surface area contributed by atoms with Gasteiger partial charge in [-0.3, -0.25) is 15.0 Å². The lowest BCUT2D eigenvalue weighted by Gasteiger charge is -2.24. The normalized spacial score (nSPS) is 12.2. The number of aromatic nitrogens is 1. The average Bonchev–Trinajstić information content (AvgIpc) is 2.96. The first-order valence-corrected chi connectivity index (χ1v) is 13.4. The van der Waals surface area contributed by atoms with Gasteiger partial charge in [0.1, 0.15) is 11.5 Å². The highest BCUT2D eigenvalue weighted by atomic mass is 16.5. The Morgan fingerprint density at radius 2 is 1.66 bits per heavy atom. The van der Waals surface area contributed by atoms with Crippen molar-refractivity contribution in [1.29, 1.82) is 5.41 Å². The number of hydrogen-bond donors (Lipinski definition) is 6. The molecule has 3 aromatic rings. The first-order valence-electron chi connectivity index (χ1n) is 13.4. The van der Waals surface area contributed by atoms with E-state index in [-0.39, 0.29) is 51.6 Å². The smallest absolute Gasteiger partial charge is 0.336 e. The summed E-state index contributed by atoms with van der Waals surface area (Å²) in [7, 11) is 0. The molecule has 0 unspecified atom stereocenters. The van der Waals surface area contributed by atoms with Gasteiger partial charge in [-0.05, 0) is 73.8 Å². The molecule has 2 atom stereocenters. The second-order valence-electron chi connectivity index (χ2n) is 9.53. The summed E-state index contributed by atoms with van der Waals surface area (Å²) >= 11 is 0. The van der Waals surface area contributed by atoms with E-state index in [1.165, 1.54) is 18.2 Å². The molecule has 1 aromatic heterocycles. The molecule has 0 fully saturated rings. The van der Waals surface area contributed by atoms with Crippen molar-refractivity contribution in [3.63, 3.8) is 0 Å². The third-order valence-electron chi connectivity index (χ3n) is 6.76. The topological polar surface area (TPSA) is 194 Å². The second kappa shape index (κ2) is 14.0. The second-order valence-corrected chi connectivity index (χ2v) is 9.53. The van der Waals surface area contributed by atoms with E-state index in [0.29, 0.717) is 30.8 Å². The summed E-state index contributed by atoms with van der Waals surface area (Å²) < 4.78 is 5.49. The lowest BCUT2D eigenvalue weighted by atomic mass is 9.94. The Labute approximate surface area is 238 Å². The predicted octanol–water partition coefficient (Wildman–Crippen LogP) is 3.88. The molecule has 1 heterocycles. The molecule has 2 amide bonds. The number of nitrogen functional groups attached to an aromatic ring is 1. The number of aromatic carboxylic acids is 1. The van der Waals surface area contributed by atoms with Crippen molar-refractivity contribution < 1.29 is 24.2 Å². The maximum absolute atomic E-state index is 13.4. The van der Waals surface area contributed by atoms with Crippen LogP contribution in [0.15, 0.2) is 54.6 Å². The monoisotopic (exact) mass is 560 g/mol. The summed E-state index contributed by atoms with van der Waals surface area (Å²) in [5.74, 6) is -2.00. The SMILES string of the molecule is CCOc1ccc(-c2ccc(C(=O)N[C@H](CCN)[C@@H](C)CC)cc2C(=O)O)c(C(=O)Nc2ccc(C(=N)N)cc2)n1. The van der Waals surface area contributed by atoms with E-state index in [9.17, 15) is 19.5 Å². The van der Waals surface area contributed by atoms with Gasteiger partial charge in [-0.2, -0.15) is 0 Å². The number of carbonyl (C=O) groups is 3. The summed E-state index contributed by atoms with van der Waals surface area (Å²) in [6, 6.07) is 13.6. The van der Waals surface area contributed by atoms with Gasteiger partial charge in [0.2, 0.25) is 5.88 Å². The third-order valence-corrected chi connectivity index (χ3v) is 6.76. The van der Waals surface area contributed by atoms with Gasteiger partial charge >= 0.3 is 5.97 Å². The zero-order chi connectivity index (χ0) is 30.1. The van der Waals surface area contributed by atoms with E-state index in [2.05, 4.69) is 15.6 Å². The molecule has 11 heteroatoms. The van der Waals surface area contributed by atoms with Crippen LogP contribution in [-0.2, 0) is 0 Å². The minimum Gasteiger partial charge on any atom is -0.478 e. The molecule has 41 heavy (non-hydrogen) atoms. The first-order chi connectivity index (χ1) is 19.6. The van der Waals surface area contributed by atoms with Crippen molar-refractivity contribution in [1.82, 2.24) is 10.3 Å². The molecule has 0 radical (unpaired) electrons. The molecule has 11 nitrogen and oxygen atoms in total. The number of nitrogens with zero attached hydrogens (tertiary/aromatic N) is 1. The molecule has 3 rings (SSSR count).